The molecule has 0 atom stereocenters. The lowest BCUT2D eigenvalue weighted by Gasteiger charge is -2.11. The summed E-state index contributed by atoms with van der Waals surface area (Å²) in [6.45, 7) is 0. The van der Waals surface area contributed by atoms with Gasteiger partial charge >= 0.3 is 12.4 Å². The SMILES string of the molecule is Clc1cc(Cl)c(Cl)nn1.FC(F)(F)c1cnc(Nc2cc(Cl)nnc2Cl)c(Cl)c1.Nc1ncc(C(F)(F)F)cc1Cl. The first-order valence-corrected chi connectivity index (χ1v) is 12.5. The van der Waals surface area contributed by atoms with Crippen molar-refractivity contribution >= 4 is 98.5 Å². The summed E-state index contributed by atoms with van der Waals surface area (Å²) in [5, 5.41) is 16.9. The number of halogens is 13. The first-order chi connectivity index (χ1) is 18.9. The molecule has 0 aliphatic heterocycles. The summed E-state index contributed by atoms with van der Waals surface area (Å²) in [5.74, 6) is -0.115. The third-order valence-corrected chi connectivity index (χ3v) is 5.92. The number of hydrogen-bond acceptors (Lipinski definition) is 8. The van der Waals surface area contributed by atoms with Crippen LogP contribution in [0.5, 0.6) is 0 Å². The summed E-state index contributed by atoms with van der Waals surface area (Å²) >= 11 is 38.8. The normalized spacial score (nSPS) is 11.1. The largest absolute Gasteiger partial charge is 0.417 e. The van der Waals surface area contributed by atoms with Crippen LogP contribution in [-0.2, 0) is 12.4 Å². The van der Waals surface area contributed by atoms with E-state index in [1.807, 2.05) is 0 Å². The number of pyridine rings is 2. The maximum atomic E-state index is 12.5. The number of nitrogens with one attached hydrogen (secondary N) is 1. The topological polar surface area (TPSA) is 115 Å². The Morgan fingerprint density at radius 3 is 1.54 bits per heavy atom. The van der Waals surface area contributed by atoms with E-state index in [9.17, 15) is 26.3 Å². The van der Waals surface area contributed by atoms with E-state index in [2.05, 4.69) is 35.7 Å². The van der Waals surface area contributed by atoms with Crippen LogP contribution in [0.3, 0.4) is 0 Å². The lowest BCUT2D eigenvalue weighted by Crippen LogP contribution is -2.06. The van der Waals surface area contributed by atoms with Gasteiger partial charge in [-0.15, -0.1) is 20.4 Å². The lowest BCUT2D eigenvalue weighted by molar-refractivity contribution is -0.138. The quantitative estimate of drug-likeness (QED) is 0.197. The molecule has 4 heterocycles. The highest BCUT2D eigenvalue weighted by atomic mass is 35.5. The fourth-order valence-electron chi connectivity index (χ4n) is 2.19. The van der Waals surface area contributed by atoms with Crippen LogP contribution in [0.1, 0.15) is 11.1 Å². The molecule has 0 unspecified atom stereocenters. The van der Waals surface area contributed by atoms with Gasteiger partial charge in [-0.1, -0.05) is 81.2 Å². The minimum atomic E-state index is -4.52. The standard InChI is InChI=1S/C10H4Cl3F3N4.C6H4ClF3N2.C4HCl3N2/c11-5-1-4(10(14,15)16)3-17-9(5)18-6-2-7(12)19-20-8(6)13;7-4-1-3(6(8,9)10)2-12-5(4)11;5-2-1-3(6)8-9-4(2)7/h1-3H,(H,17,18,19);1-2H,(H2,11,12);1H. The molecule has 0 saturated heterocycles. The van der Waals surface area contributed by atoms with Crippen LogP contribution < -0.4 is 11.1 Å². The molecule has 220 valence electrons. The zero-order valence-electron chi connectivity index (χ0n) is 19.1. The Hall–Kier alpha value is -2.33. The second-order valence-electron chi connectivity index (χ2n) is 6.94. The van der Waals surface area contributed by atoms with Gasteiger partial charge < -0.3 is 11.1 Å². The minimum Gasteiger partial charge on any atom is -0.382 e. The molecule has 0 amide bonds. The van der Waals surface area contributed by atoms with Crippen LogP contribution in [-0.4, -0.2) is 30.4 Å². The van der Waals surface area contributed by atoms with Gasteiger partial charge in [0.2, 0.25) is 0 Å². The minimum absolute atomic E-state index is 0.00867. The van der Waals surface area contributed by atoms with Gasteiger partial charge in [0.05, 0.1) is 31.9 Å². The molecular weight excluding hydrogens is 714 g/mol. The molecule has 41 heavy (non-hydrogen) atoms. The highest BCUT2D eigenvalue weighted by Gasteiger charge is 2.32. The van der Waals surface area contributed by atoms with E-state index in [1.54, 1.807) is 0 Å². The van der Waals surface area contributed by atoms with Crippen molar-refractivity contribution < 1.29 is 26.3 Å². The molecule has 0 aromatic carbocycles. The van der Waals surface area contributed by atoms with Crippen LogP contribution in [0.15, 0.2) is 36.7 Å². The highest BCUT2D eigenvalue weighted by molar-refractivity contribution is 6.42. The van der Waals surface area contributed by atoms with E-state index in [0.29, 0.717) is 17.4 Å². The average molecular weight is 724 g/mol. The Bertz CT molecular complexity index is 1510. The van der Waals surface area contributed by atoms with Gasteiger partial charge in [-0.2, -0.15) is 26.3 Å². The summed E-state index contributed by atoms with van der Waals surface area (Å²) in [6, 6.07) is 4.26. The number of nitrogen functional groups attached to an aromatic ring is 1. The van der Waals surface area contributed by atoms with Gasteiger partial charge in [0.15, 0.2) is 20.6 Å². The Balaban J connectivity index is 0.000000237. The van der Waals surface area contributed by atoms with Gasteiger partial charge in [0.1, 0.15) is 11.6 Å². The van der Waals surface area contributed by atoms with E-state index in [4.69, 9.17) is 86.9 Å². The molecule has 21 heteroatoms. The smallest absolute Gasteiger partial charge is 0.382 e. The van der Waals surface area contributed by atoms with Crippen molar-refractivity contribution in [2.45, 2.75) is 12.4 Å². The number of nitrogens with zero attached hydrogens (tertiary/aromatic N) is 6. The molecule has 3 N–H and O–H groups in total. The Labute approximate surface area is 261 Å². The third kappa shape index (κ3) is 11.1. The van der Waals surface area contributed by atoms with Crippen LogP contribution in [0, 0.1) is 0 Å². The van der Waals surface area contributed by atoms with Gasteiger partial charge in [-0.05, 0) is 18.2 Å². The fourth-order valence-corrected chi connectivity index (χ4v) is 3.29. The molecule has 0 bridgehead atoms. The average Bonchev–Trinajstić information content (AvgIpc) is 2.86. The van der Waals surface area contributed by atoms with E-state index in [1.165, 1.54) is 12.1 Å². The highest BCUT2D eigenvalue weighted by Crippen LogP contribution is 2.34. The maximum absolute atomic E-state index is 12.5. The van der Waals surface area contributed by atoms with Gasteiger partial charge in [-0.25, -0.2) is 9.97 Å². The number of hydrogen-bond donors (Lipinski definition) is 2. The summed E-state index contributed by atoms with van der Waals surface area (Å²) in [6.07, 6.45) is -7.65. The number of aromatic nitrogens is 6. The predicted octanol–water partition coefficient (Wildman–Crippen LogP) is 9.37. The second kappa shape index (κ2) is 14.7. The molecule has 0 radical (unpaired) electrons. The molecule has 0 aliphatic rings. The van der Waals surface area contributed by atoms with Crippen molar-refractivity contribution in [1.82, 2.24) is 30.4 Å². The van der Waals surface area contributed by atoms with Crippen molar-refractivity contribution in [2.24, 2.45) is 0 Å². The van der Waals surface area contributed by atoms with Crippen LogP contribution in [0.4, 0.5) is 43.7 Å². The summed E-state index contributed by atoms with van der Waals surface area (Å²) in [4.78, 5) is 6.87. The molecule has 4 aromatic heterocycles. The lowest BCUT2D eigenvalue weighted by atomic mass is 10.2. The summed E-state index contributed by atoms with van der Waals surface area (Å²) < 4.78 is 73.3. The number of rotatable bonds is 2. The predicted molar refractivity (Wildman–Crippen MR) is 145 cm³/mol. The van der Waals surface area contributed by atoms with Crippen molar-refractivity contribution in [3.8, 4) is 0 Å². The fraction of sp³-hybridized carbons (Fsp3) is 0.100. The molecule has 4 aromatic rings. The van der Waals surface area contributed by atoms with Crippen molar-refractivity contribution in [2.75, 3.05) is 11.1 Å². The van der Waals surface area contributed by atoms with E-state index >= 15 is 0 Å². The van der Waals surface area contributed by atoms with E-state index in [-0.39, 0.29) is 48.0 Å². The van der Waals surface area contributed by atoms with E-state index < -0.39 is 23.5 Å². The zero-order chi connectivity index (χ0) is 31.1. The summed E-state index contributed by atoms with van der Waals surface area (Å²) in [5.41, 5.74) is 3.49. The molecule has 0 fully saturated rings. The third-order valence-electron chi connectivity index (χ3n) is 4.01. The number of anilines is 3. The molecule has 8 nitrogen and oxygen atoms in total. The molecule has 0 spiro atoms. The number of alkyl halides is 6. The zero-order valence-corrected chi connectivity index (χ0v) is 24.4. The Kier molecular flexibility index (Phi) is 12.5. The van der Waals surface area contributed by atoms with Crippen LogP contribution in [0.2, 0.25) is 35.7 Å². The van der Waals surface area contributed by atoms with Crippen molar-refractivity contribution in [1.29, 1.82) is 0 Å². The molecule has 0 saturated carbocycles. The number of nitrogens with two attached hydrogens (primary N) is 1. The Morgan fingerprint density at radius 2 is 1.07 bits per heavy atom. The van der Waals surface area contributed by atoms with Gasteiger partial charge in [-0.3, -0.25) is 0 Å². The molecular formula is C20H9Cl7F6N8. The monoisotopic (exact) mass is 720 g/mol. The second-order valence-corrected chi connectivity index (χ2v) is 9.66. The van der Waals surface area contributed by atoms with Crippen LogP contribution >= 0.6 is 81.2 Å². The molecule has 4 rings (SSSR count). The van der Waals surface area contributed by atoms with Gasteiger partial charge in [0.25, 0.3) is 0 Å². The first-order valence-electron chi connectivity index (χ1n) is 9.89. The van der Waals surface area contributed by atoms with Crippen LogP contribution in [0.25, 0.3) is 0 Å². The summed E-state index contributed by atoms with van der Waals surface area (Å²) in [7, 11) is 0. The van der Waals surface area contributed by atoms with Crippen molar-refractivity contribution in [3.63, 3.8) is 0 Å². The Morgan fingerprint density at radius 1 is 0.585 bits per heavy atom. The van der Waals surface area contributed by atoms with Gasteiger partial charge in [0, 0.05) is 18.5 Å². The van der Waals surface area contributed by atoms with E-state index in [0.717, 1.165) is 12.1 Å². The maximum Gasteiger partial charge on any atom is 0.417 e. The first kappa shape index (κ1) is 34.9. The van der Waals surface area contributed by atoms with Crippen molar-refractivity contribution in [3.05, 3.63) is 83.5 Å². The molecule has 0 aliphatic carbocycles.